The van der Waals surface area contributed by atoms with Gasteiger partial charge in [0, 0.05) is 76.8 Å². The minimum Gasteiger partial charge on any atom is -0.508 e. The van der Waals surface area contributed by atoms with Crippen molar-refractivity contribution in [1.82, 2.24) is 15.0 Å². The summed E-state index contributed by atoms with van der Waals surface area (Å²) >= 11 is 0. The van der Waals surface area contributed by atoms with Crippen LogP contribution in [0.4, 0.5) is 0 Å². The minimum absolute atomic E-state index is 0.0544. The number of rotatable bonds is 15. The summed E-state index contributed by atoms with van der Waals surface area (Å²) in [4.78, 5) is 73.2. The summed E-state index contributed by atoms with van der Waals surface area (Å²) in [6.07, 6.45) is 2.36. The number of pyridine rings is 3. The summed E-state index contributed by atoms with van der Waals surface area (Å²) in [6, 6.07) is 25.1. The van der Waals surface area contributed by atoms with Gasteiger partial charge in [0.1, 0.15) is 17.2 Å². The van der Waals surface area contributed by atoms with Crippen LogP contribution in [-0.4, -0.2) is 81.2 Å². The van der Waals surface area contributed by atoms with Gasteiger partial charge in [0.2, 0.25) is 16.7 Å². The zero-order valence-electron chi connectivity index (χ0n) is 32.9. The maximum atomic E-state index is 11.2. The average molecular weight is 816 g/mol. The Morgan fingerprint density at radius 3 is 1.37 bits per heavy atom. The van der Waals surface area contributed by atoms with Crippen molar-refractivity contribution >= 4 is 50.6 Å². The number of ether oxygens (including phenoxy) is 4. The molecule has 6 aromatic rings. The molecule has 59 heavy (non-hydrogen) atoms. The second-order valence-corrected chi connectivity index (χ2v) is 12.5. The van der Waals surface area contributed by atoms with Gasteiger partial charge in [-0.3, -0.25) is 28.8 Å². The lowest BCUT2D eigenvalue weighted by molar-refractivity contribution is -0.144. The van der Waals surface area contributed by atoms with Crippen LogP contribution < -0.4 is 26.2 Å². The number of nitrogens with one attached hydrogen (secondary N) is 3. The van der Waals surface area contributed by atoms with Crippen molar-refractivity contribution in [3.8, 4) is 17.2 Å². The van der Waals surface area contributed by atoms with Gasteiger partial charge in [-0.05, 0) is 106 Å². The van der Waals surface area contributed by atoms with Crippen LogP contribution in [0.25, 0.3) is 32.7 Å². The van der Waals surface area contributed by atoms with Crippen molar-refractivity contribution in [2.75, 3.05) is 33.0 Å². The average Bonchev–Trinajstić information content (AvgIpc) is 3.21. The lowest BCUT2D eigenvalue weighted by Gasteiger charge is -2.07. The van der Waals surface area contributed by atoms with E-state index < -0.39 is 5.97 Å². The molecule has 16 heteroatoms. The number of aliphatic hydroxyl groups excluding tert-OH is 1. The summed E-state index contributed by atoms with van der Waals surface area (Å²) in [7, 11) is 0. The normalized spacial score (nSPS) is 10.2. The van der Waals surface area contributed by atoms with Gasteiger partial charge in [0.05, 0.1) is 26.4 Å². The number of carboxylic acids is 1. The Kier molecular flexibility index (Phi) is 19.9. The molecule has 3 aromatic carbocycles. The third-order valence-electron chi connectivity index (χ3n) is 7.84. The lowest BCUT2D eigenvalue weighted by Crippen LogP contribution is -2.07. The number of phenolic OH excluding ortho intramolecular Hbond substituents is 1. The maximum absolute atomic E-state index is 11.2. The number of hydrogen-bond acceptors (Lipinski definition) is 12. The highest BCUT2D eigenvalue weighted by molar-refractivity contribution is 5.81. The van der Waals surface area contributed by atoms with Crippen LogP contribution in [0.2, 0.25) is 0 Å². The number of carbonyl (C=O) groups is 3. The van der Waals surface area contributed by atoms with E-state index in [0.29, 0.717) is 70.0 Å². The number of esters is 2. The number of benzene rings is 3. The zero-order valence-corrected chi connectivity index (χ0v) is 32.9. The smallest absolute Gasteiger partial charge is 0.305 e. The number of aliphatic carboxylic acids is 1. The summed E-state index contributed by atoms with van der Waals surface area (Å²) in [6.45, 7) is 5.24. The fraction of sp³-hybridized carbons (Fsp3) is 0.302. The van der Waals surface area contributed by atoms with E-state index in [0.717, 1.165) is 32.7 Å². The van der Waals surface area contributed by atoms with Crippen LogP contribution in [0.1, 0.15) is 52.4 Å². The second-order valence-electron chi connectivity index (χ2n) is 12.5. The van der Waals surface area contributed by atoms with E-state index in [2.05, 4.69) is 19.7 Å². The molecule has 0 fully saturated rings. The van der Waals surface area contributed by atoms with Gasteiger partial charge in [0.25, 0.3) is 0 Å². The van der Waals surface area contributed by atoms with Crippen molar-refractivity contribution in [1.29, 1.82) is 0 Å². The van der Waals surface area contributed by atoms with Gasteiger partial charge in [-0.2, -0.15) is 0 Å². The third-order valence-corrected chi connectivity index (χ3v) is 7.84. The van der Waals surface area contributed by atoms with Gasteiger partial charge >= 0.3 is 17.9 Å². The molecule has 0 saturated heterocycles. The zero-order chi connectivity index (χ0) is 43.0. The number of aromatic nitrogens is 3. The molecule has 0 bridgehead atoms. The van der Waals surface area contributed by atoms with Crippen LogP contribution in [0.3, 0.4) is 0 Å². The fourth-order valence-corrected chi connectivity index (χ4v) is 5.10. The van der Waals surface area contributed by atoms with E-state index in [1.165, 1.54) is 24.3 Å². The number of H-pyrrole nitrogens is 3. The topological polar surface area (TPSA) is 247 Å². The number of hydrogen-bond donors (Lipinski definition) is 6. The van der Waals surface area contributed by atoms with Gasteiger partial charge in [-0.1, -0.05) is 0 Å². The second kappa shape index (κ2) is 25.3. The Bertz CT molecular complexity index is 2440. The summed E-state index contributed by atoms with van der Waals surface area (Å²) in [5.41, 5.74) is 1.86. The molecule has 0 unspecified atom stereocenters. The number of carboxylic acid groups (broad SMARTS) is 1. The molecule has 0 aliphatic heterocycles. The monoisotopic (exact) mass is 815 g/mol. The molecule has 3 aromatic heterocycles. The molecule has 0 aliphatic carbocycles. The first-order valence-corrected chi connectivity index (χ1v) is 18.9. The van der Waals surface area contributed by atoms with Gasteiger partial charge in [-0.15, -0.1) is 0 Å². The molecule has 314 valence electrons. The molecule has 0 amide bonds. The molecule has 0 spiro atoms. The van der Waals surface area contributed by atoms with Crippen molar-refractivity contribution < 1.29 is 48.7 Å². The fourth-order valence-electron chi connectivity index (χ4n) is 5.10. The molecule has 3 heterocycles. The molecular weight excluding hydrogens is 766 g/mol. The molecular formula is C43H49N3O13. The van der Waals surface area contributed by atoms with Crippen LogP contribution in [0.5, 0.6) is 17.2 Å². The van der Waals surface area contributed by atoms with Crippen LogP contribution in [-0.2, 0) is 23.9 Å². The highest BCUT2D eigenvalue weighted by Gasteiger charge is 2.04. The Morgan fingerprint density at radius 1 is 0.542 bits per heavy atom. The number of fused-ring (bicyclic) bond motifs is 3. The van der Waals surface area contributed by atoms with E-state index in [1.807, 2.05) is 12.1 Å². The predicted octanol–water partition coefficient (Wildman–Crippen LogP) is 5.58. The van der Waals surface area contributed by atoms with Crippen LogP contribution in [0, 0.1) is 0 Å². The van der Waals surface area contributed by atoms with Gasteiger partial charge in [-0.25, -0.2) is 0 Å². The van der Waals surface area contributed by atoms with Crippen molar-refractivity contribution in [2.24, 2.45) is 0 Å². The lowest BCUT2D eigenvalue weighted by atomic mass is 10.2. The quantitative estimate of drug-likeness (QED) is 0.0548. The first kappa shape index (κ1) is 46.4. The Labute approximate surface area is 338 Å². The maximum Gasteiger partial charge on any atom is 0.305 e. The van der Waals surface area contributed by atoms with Crippen LogP contribution in [0.15, 0.2) is 105 Å². The largest absolute Gasteiger partial charge is 0.508 e. The van der Waals surface area contributed by atoms with E-state index in [1.54, 1.807) is 68.4 Å². The van der Waals surface area contributed by atoms with Crippen molar-refractivity contribution in [3.63, 3.8) is 0 Å². The van der Waals surface area contributed by atoms with Crippen LogP contribution >= 0.6 is 0 Å². The van der Waals surface area contributed by atoms with E-state index in [4.69, 9.17) is 29.5 Å². The number of carbonyl (C=O) groups excluding carboxylic acids is 2. The Hall–Kier alpha value is -6.94. The van der Waals surface area contributed by atoms with Crippen molar-refractivity contribution in [2.45, 2.75) is 52.4 Å². The minimum atomic E-state index is -0.824. The predicted molar refractivity (Wildman–Crippen MR) is 222 cm³/mol. The summed E-state index contributed by atoms with van der Waals surface area (Å²) < 4.78 is 20.4. The molecule has 0 radical (unpaired) electrons. The number of aromatic hydroxyl groups is 1. The highest BCUT2D eigenvalue weighted by Crippen LogP contribution is 2.20. The molecule has 6 rings (SSSR count). The van der Waals surface area contributed by atoms with Crippen molar-refractivity contribution in [3.05, 3.63) is 122 Å². The molecule has 0 aliphatic rings. The summed E-state index contributed by atoms with van der Waals surface area (Å²) in [5.74, 6) is 0.330. The molecule has 6 N–H and O–H groups in total. The third kappa shape index (κ3) is 17.8. The molecule has 0 saturated carbocycles. The molecule has 16 nitrogen and oxygen atoms in total. The SMILES string of the molecule is CCOC(=O)CCCO.CCOC(=O)CCCOc1ccc2[nH]c(=O)ccc2c1.O=C(O)CCCOc1ccc2[nH]c(=O)ccc2c1.O=c1ccc2cc(O)ccc2[nH]1. The number of aliphatic hydroxyl groups is 1. The first-order valence-electron chi connectivity index (χ1n) is 18.9. The number of phenols is 1. The summed E-state index contributed by atoms with van der Waals surface area (Å²) in [5, 5.41) is 28.5. The first-order chi connectivity index (χ1) is 28.4. The molecule has 0 atom stereocenters. The highest BCUT2D eigenvalue weighted by atomic mass is 16.5. The van der Waals surface area contributed by atoms with E-state index >= 15 is 0 Å². The van der Waals surface area contributed by atoms with E-state index in [-0.39, 0.29) is 47.4 Å². The Balaban J connectivity index is 0.000000219. The van der Waals surface area contributed by atoms with E-state index in [9.17, 15) is 28.8 Å². The van der Waals surface area contributed by atoms with Gasteiger partial charge < -0.3 is 49.2 Å². The van der Waals surface area contributed by atoms with Gasteiger partial charge in [0.15, 0.2) is 0 Å². The number of aromatic amines is 3. The Morgan fingerprint density at radius 2 is 0.949 bits per heavy atom. The standard InChI is InChI=1S/C15H17NO4.C13H13NO4.C9H7NO2.C6H12O3/c1-2-19-15(18)4-3-9-20-12-6-7-13-11(10-12)5-8-14(17)16-13;15-12-6-3-9-8-10(4-5-11(9)14-12)18-7-1-2-13(16)17;11-7-2-3-8-6(5-7)1-4-9(12)10-8;1-2-9-6(8)4-3-5-7/h5-8,10H,2-4,9H2,1H3,(H,16,17);3-6,8H,1-2,7H2,(H,14,15)(H,16,17);1-5,11H,(H,10,12);7H,2-5H2,1H3.